The number of aryl methyl sites for hydroxylation is 1. The number of carbonyl (C=O) groups is 2. The maximum absolute atomic E-state index is 13.8. The molecule has 0 fully saturated rings. The van der Waals surface area contributed by atoms with E-state index in [1.54, 1.807) is 25.7 Å². The minimum Gasteiger partial charge on any atom is -0.495 e. The minimum absolute atomic E-state index is 0.0580. The molecule has 2 heterocycles. The number of fused-ring (bicyclic) bond motifs is 1. The molecule has 0 aliphatic rings. The number of Topliss-reactive ketones (excluding diaryl/α,β-unsaturated/α-hetero) is 1. The molecule has 0 amide bonds. The van der Waals surface area contributed by atoms with Crippen LogP contribution in [0.25, 0.3) is 10.9 Å². The normalized spacial score (nSPS) is 11.7. The van der Waals surface area contributed by atoms with E-state index in [0.717, 1.165) is 34.9 Å². The van der Waals surface area contributed by atoms with E-state index in [-0.39, 0.29) is 11.8 Å². The van der Waals surface area contributed by atoms with Crippen molar-refractivity contribution in [3.8, 4) is 5.75 Å². The highest BCUT2D eigenvalue weighted by atomic mass is 16.5. The van der Waals surface area contributed by atoms with Gasteiger partial charge >= 0.3 is 5.97 Å². The minimum atomic E-state index is -0.610. The monoisotopic (exact) mass is 457 g/mol. The van der Waals surface area contributed by atoms with E-state index >= 15 is 0 Å². The number of hydrogen-bond acceptors (Lipinski definition) is 6. The Balaban J connectivity index is 1.63. The zero-order valence-corrected chi connectivity index (χ0v) is 19.2. The van der Waals surface area contributed by atoms with Crippen molar-refractivity contribution in [2.75, 3.05) is 19.0 Å². The number of methoxy groups -OCH3 is 1. The van der Waals surface area contributed by atoms with Crippen LogP contribution in [-0.2, 0) is 16.0 Å². The summed E-state index contributed by atoms with van der Waals surface area (Å²) in [5, 5.41) is 4.20. The quantitative estimate of drug-likeness (QED) is 0.195. The molecule has 2 aromatic heterocycles. The average Bonchev–Trinajstić information content (AvgIpc) is 3.28. The van der Waals surface area contributed by atoms with Gasteiger partial charge in [-0.05, 0) is 36.1 Å². The Morgan fingerprint density at radius 2 is 1.91 bits per heavy atom. The fourth-order valence-corrected chi connectivity index (χ4v) is 3.90. The lowest BCUT2D eigenvalue weighted by Crippen LogP contribution is -2.21. The zero-order chi connectivity index (χ0) is 23.9. The molecule has 174 valence electrons. The van der Waals surface area contributed by atoms with Gasteiger partial charge in [-0.2, -0.15) is 0 Å². The van der Waals surface area contributed by atoms with Gasteiger partial charge in [-0.1, -0.05) is 36.4 Å². The Bertz CT molecular complexity index is 1280. The summed E-state index contributed by atoms with van der Waals surface area (Å²) < 4.78 is 10.3. The van der Waals surface area contributed by atoms with Crippen molar-refractivity contribution in [1.82, 2.24) is 9.97 Å². The molecule has 7 nitrogen and oxygen atoms in total. The van der Waals surface area contributed by atoms with Gasteiger partial charge in [0.2, 0.25) is 0 Å². The molecule has 0 saturated carbocycles. The molecule has 2 aromatic carbocycles. The molecule has 0 bridgehead atoms. The van der Waals surface area contributed by atoms with Crippen molar-refractivity contribution in [3.63, 3.8) is 0 Å². The molecule has 0 saturated heterocycles. The van der Waals surface area contributed by atoms with E-state index in [1.807, 2.05) is 54.6 Å². The van der Waals surface area contributed by atoms with Crippen molar-refractivity contribution in [3.05, 3.63) is 89.9 Å². The molecule has 1 unspecified atom stereocenters. The highest BCUT2D eigenvalue weighted by molar-refractivity contribution is 6.11. The summed E-state index contributed by atoms with van der Waals surface area (Å²) in [6, 6.07) is 16.8. The predicted molar refractivity (Wildman–Crippen MR) is 131 cm³/mol. The lowest BCUT2D eigenvalue weighted by atomic mass is 9.96. The molecule has 0 aliphatic carbocycles. The molecule has 0 spiro atoms. The summed E-state index contributed by atoms with van der Waals surface area (Å²) in [5.74, 6) is 0.270. The summed E-state index contributed by atoms with van der Waals surface area (Å²) in [6.45, 7) is 1.78. The number of H-pyrrole nitrogens is 1. The van der Waals surface area contributed by atoms with E-state index in [9.17, 15) is 9.59 Å². The summed E-state index contributed by atoms with van der Waals surface area (Å²) in [6.07, 6.45) is 6.51. The largest absolute Gasteiger partial charge is 0.495 e. The second kappa shape index (κ2) is 10.7. The average molecular weight is 458 g/mol. The number of ether oxygens (including phenoxy) is 2. The Labute approximate surface area is 198 Å². The molecule has 7 heteroatoms. The topological polar surface area (TPSA) is 93.3 Å². The maximum atomic E-state index is 13.8. The summed E-state index contributed by atoms with van der Waals surface area (Å²) in [5.41, 5.74) is 4.11. The van der Waals surface area contributed by atoms with Crippen LogP contribution < -0.4 is 10.1 Å². The maximum Gasteiger partial charge on any atom is 0.302 e. The SMILES string of the molecule is COc1cncc(NC(C(=O)c2c[nH]c3ccc(CCCOC(C)=O)cc23)c2ccccc2)c1. The zero-order valence-electron chi connectivity index (χ0n) is 19.2. The van der Waals surface area contributed by atoms with Crippen LogP contribution in [-0.4, -0.2) is 35.4 Å². The number of rotatable bonds is 10. The molecule has 1 atom stereocenters. The number of hydrogen-bond donors (Lipinski definition) is 2. The van der Waals surface area contributed by atoms with Gasteiger partial charge < -0.3 is 19.8 Å². The van der Waals surface area contributed by atoms with E-state index in [2.05, 4.69) is 15.3 Å². The Kier molecular flexibility index (Phi) is 7.22. The lowest BCUT2D eigenvalue weighted by Gasteiger charge is -2.19. The number of nitrogens with zero attached hydrogens (tertiary/aromatic N) is 1. The molecule has 0 aliphatic heterocycles. The molecule has 34 heavy (non-hydrogen) atoms. The van der Waals surface area contributed by atoms with Crippen LogP contribution in [0, 0.1) is 0 Å². The number of aromatic amines is 1. The number of carbonyl (C=O) groups excluding carboxylic acids is 2. The van der Waals surface area contributed by atoms with E-state index in [1.165, 1.54) is 6.92 Å². The number of nitrogens with one attached hydrogen (secondary N) is 2. The number of benzene rings is 2. The third kappa shape index (κ3) is 5.43. The first kappa shape index (κ1) is 23.0. The van der Waals surface area contributed by atoms with Crippen LogP contribution in [0.1, 0.15) is 40.9 Å². The van der Waals surface area contributed by atoms with Gasteiger partial charge in [-0.3, -0.25) is 14.6 Å². The molecule has 0 radical (unpaired) electrons. The number of ketones is 1. The molecule has 2 N–H and O–H groups in total. The van der Waals surface area contributed by atoms with Gasteiger partial charge in [0.05, 0.1) is 31.8 Å². The van der Waals surface area contributed by atoms with Crippen molar-refractivity contribution in [2.24, 2.45) is 0 Å². The second-order valence-corrected chi connectivity index (χ2v) is 7.99. The lowest BCUT2D eigenvalue weighted by molar-refractivity contribution is -0.141. The van der Waals surface area contributed by atoms with Crippen LogP contribution in [0.2, 0.25) is 0 Å². The van der Waals surface area contributed by atoms with Crippen molar-refractivity contribution in [2.45, 2.75) is 25.8 Å². The van der Waals surface area contributed by atoms with Crippen molar-refractivity contribution in [1.29, 1.82) is 0 Å². The van der Waals surface area contributed by atoms with E-state index in [0.29, 0.717) is 23.6 Å². The van der Waals surface area contributed by atoms with Crippen LogP contribution in [0.5, 0.6) is 5.75 Å². The fourth-order valence-electron chi connectivity index (χ4n) is 3.90. The second-order valence-electron chi connectivity index (χ2n) is 7.99. The van der Waals surface area contributed by atoms with Gasteiger partial charge in [0.25, 0.3) is 0 Å². The van der Waals surface area contributed by atoms with Gasteiger partial charge in [0, 0.05) is 35.7 Å². The van der Waals surface area contributed by atoms with Gasteiger partial charge in [-0.15, -0.1) is 0 Å². The van der Waals surface area contributed by atoms with Crippen LogP contribution >= 0.6 is 0 Å². The Morgan fingerprint density at radius 3 is 2.68 bits per heavy atom. The highest BCUT2D eigenvalue weighted by Gasteiger charge is 2.25. The van der Waals surface area contributed by atoms with Crippen LogP contribution in [0.4, 0.5) is 5.69 Å². The third-order valence-corrected chi connectivity index (χ3v) is 5.58. The summed E-state index contributed by atoms with van der Waals surface area (Å²) >= 11 is 0. The van der Waals surface area contributed by atoms with Gasteiger partial charge in [-0.25, -0.2) is 0 Å². The van der Waals surface area contributed by atoms with Crippen LogP contribution in [0.15, 0.2) is 73.2 Å². The van der Waals surface area contributed by atoms with Crippen molar-refractivity contribution >= 4 is 28.3 Å². The van der Waals surface area contributed by atoms with E-state index < -0.39 is 6.04 Å². The smallest absolute Gasteiger partial charge is 0.302 e. The molecule has 4 rings (SSSR count). The highest BCUT2D eigenvalue weighted by Crippen LogP contribution is 2.29. The summed E-state index contributed by atoms with van der Waals surface area (Å²) in [7, 11) is 1.58. The number of esters is 1. The fraction of sp³-hybridized carbons (Fsp3) is 0.222. The number of anilines is 1. The summed E-state index contributed by atoms with van der Waals surface area (Å²) in [4.78, 5) is 32.2. The molecular formula is C27H27N3O4. The van der Waals surface area contributed by atoms with Crippen molar-refractivity contribution < 1.29 is 19.1 Å². The van der Waals surface area contributed by atoms with E-state index in [4.69, 9.17) is 9.47 Å². The predicted octanol–water partition coefficient (Wildman–Crippen LogP) is 5.10. The first-order chi connectivity index (χ1) is 16.5. The molecular weight excluding hydrogens is 430 g/mol. The standard InChI is InChI=1S/C27H27N3O4/c1-18(31)34-12-6-7-19-10-11-25-23(13-19)24(17-29-25)27(32)26(20-8-4-3-5-9-20)30-21-14-22(33-2)16-28-15-21/h3-5,8-11,13-17,26,29-30H,6-7,12H2,1-2H3. The van der Waals surface area contributed by atoms with Gasteiger partial charge in [0.1, 0.15) is 11.8 Å². The Hall–Kier alpha value is -4.13. The Morgan fingerprint density at radius 1 is 1.09 bits per heavy atom. The first-order valence-electron chi connectivity index (χ1n) is 11.1. The molecule has 4 aromatic rings. The third-order valence-electron chi connectivity index (χ3n) is 5.58. The number of aromatic nitrogens is 2. The van der Waals surface area contributed by atoms with Gasteiger partial charge in [0.15, 0.2) is 5.78 Å². The number of pyridine rings is 1. The van der Waals surface area contributed by atoms with Crippen LogP contribution in [0.3, 0.4) is 0 Å². The first-order valence-corrected chi connectivity index (χ1v) is 11.1.